The highest BCUT2D eigenvalue weighted by Gasteiger charge is 2.37. The van der Waals surface area contributed by atoms with Gasteiger partial charge in [0.2, 0.25) is 0 Å². The molecule has 5 heteroatoms. The van der Waals surface area contributed by atoms with Gasteiger partial charge in [-0.1, -0.05) is 20.8 Å². The molecule has 0 aliphatic carbocycles. The number of aromatic nitrogens is 2. The fourth-order valence-corrected chi connectivity index (χ4v) is 2.70. The van der Waals surface area contributed by atoms with Crippen molar-refractivity contribution in [2.75, 3.05) is 38.6 Å². The van der Waals surface area contributed by atoms with Crippen LogP contribution in [0.5, 0.6) is 0 Å². The van der Waals surface area contributed by atoms with Gasteiger partial charge in [-0.25, -0.2) is 9.97 Å². The van der Waals surface area contributed by atoms with Crippen LogP contribution in [0.3, 0.4) is 0 Å². The number of hydrogen-bond donors (Lipinski definition) is 1. The first kappa shape index (κ1) is 15.2. The first-order valence-corrected chi connectivity index (χ1v) is 7.14. The van der Waals surface area contributed by atoms with Crippen LogP contribution in [0.4, 0.5) is 5.82 Å². The number of β-amino-alcohol motifs (C(OH)–C–C–N with tert-alkyl or cyclic N) is 1. The topological polar surface area (TPSA) is 52.5 Å². The van der Waals surface area contributed by atoms with Crippen LogP contribution < -0.4 is 4.90 Å². The summed E-state index contributed by atoms with van der Waals surface area (Å²) in [6.45, 7) is 8.58. The van der Waals surface area contributed by atoms with E-state index in [4.69, 9.17) is 0 Å². The van der Waals surface area contributed by atoms with Crippen LogP contribution in [-0.4, -0.2) is 59.3 Å². The third-order valence-corrected chi connectivity index (χ3v) is 3.69. The number of likely N-dealkylation sites (N-methyl/N-ethyl adjacent to an activating group) is 1. The molecule has 1 N–H and O–H groups in total. The third kappa shape index (κ3) is 3.46. The molecule has 1 atom stereocenters. The number of hydrogen-bond acceptors (Lipinski definition) is 5. The summed E-state index contributed by atoms with van der Waals surface area (Å²) in [5.74, 6) is 0.916. The zero-order valence-electron chi connectivity index (χ0n) is 13.2. The van der Waals surface area contributed by atoms with E-state index in [9.17, 15) is 5.11 Å². The Morgan fingerprint density at radius 1 is 1.35 bits per heavy atom. The van der Waals surface area contributed by atoms with E-state index in [0.29, 0.717) is 13.1 Å². The minimum Gasteiger partial charge on any atom is -0.387 e. The van der Waals surface area contributed by atoms with Gasteiger partial charge in [-0.3, -0.25) is 0 Å². The molecule has 112 valence electrons. The van der Waals surface area contributed by atoms with E-state index < -0.39 is 5.60 Å². The third-order valence-electron chi connectivity index (χ3n) is 3.69. The van der Waals surface area contributed by atoms with Gasteiger partial charge in [-0.05, 0) is 20.5 Å². The lowest BCUT2D eigenvalue weighted by atomic mass is 9.92. The Kier molecular flexibility index (Phi) is 4.02. The highest BCUT2D eigenvalue weighted by Crippen LogP contribution is 2.28. The summed E-state index contributed by atoms with van der Waals surface area (Å²) in [6.07, 6.45) is 2.40. The van der Waals surface area contributed by atoms with E-state index in [0.717, 1.165) is 24.5 Å². The maximum absolute atomic E-state index is 10.6. The van der Waals surface area contributed by atoms with Gasteiger partial charge in [-0.15, -0.1) is 0 Å². The second kappa shape index (κ2) is 5.30. The highest BCUT2D eigenvalue weighted by atomic mass is 16.3. The molecule has 0 aromatic carbocycles. The minimum atomic E-state index is -0.643. The molecule has 1 aromatic rings. The van der Waals surface area contributed by atoms with E-state index in [1.807, 2.05) is 25.1 Å². The molecule has 2 rings (SSSR count). The lowest BCUT2D eigenvalue weighted by Gasteiger charge is -2.27. The molecule has 2 heterocycles. The molecule has 0 radical (unpaired) electrons. The normalized spacial score (nSPS) is 23.6. The Bertz CT molecular complexity index is 469. The summed E-state index contributed by atoms with van der Waals surface area (Å²) in [5.41, 5.74) is 0.402. The number of aliphatic hydroxyl groups is 1. The van der Waals surface area contributed by atoms with E-state index >= 15 is 0 Å². The van der Waals surface area contributed by atoms with Crippen molar-refractivity contribution >= 4 is 5.82 Å². The van der Waals surface area contributed by atoms with Gasteiger partial charge in [0.05, 0.1) is 11.3 Å². The SMILES string of the molecule is CN(C)CC1(O)CCN(c2cc(C(C)(C)C)ncn2)C1. The van der Waals surface area contributed by atoms with Crippen LogP contribution in [0.25, 0.3) is 0 Å². The largest absolute Gasteiger partial charge is 0.387 e. The fraction of sp³-hybridized carbons (Fsp3) is 0.733. The summed E-state index contributed by atoms with van der Waals surface area (Å²) in [5, 5.41) is 10.6. The van der Waals surface area contributed by atoms with Gasteiger partial charge in [0, 0.05) is 31.1 Å². The molecule has 1 aromatic heterocycles. The minimum absolute atomic E-state index is 0.0113. The van der Waals surface area contributed by atoms with Crippen molar-refractivity contribution in [3.8, 4) is 0 Å². The molecule has 1 aliphatic rings. The van der Waals surface area contributed by atoms with E-state index in [1.165, 1.54) is 0 Å². The van der Waals surface area contributed by atoms with Crippen LogP contribution in [0.15, 0.2) is 12.4 Å². The standard InChI is InChI=1S/C15H26N4O/c1-14(2,3)12-8-13(17-11-16-12)19-7-6-15(20,10-19)9-18(4)5/h8,11,20H,6-7,9-10H2,1-5H3. The zero-order chi connectivity index (χ0) is 15.0. The first-order valence-electron chi connectivity index (χ1n) is 7.14. The predicted molar refractivity (Wildman–Crippen MR) is 81.1 cm³/mol. The Hall–Kier alpha value is -1.20. The average molecular weight is 278 g/mol. The number of nitrogens with zero attached hydrogens (tertiary/aromatic N) is 4. The van der Waals surface area contributed by atoms with Crippen molar-refractivity contribution in [3.05, 3.63) is 18.1 Å². The smallest absolute Gasteiger partial charge is 0.132 e. The highest BCUT2D eigenvalue weighted by molar-refractivity contribution is 5.42. The summed E-state index contributed by atoms with van der Waals surface area (Å²) < 4.78 is 0. The molecule has 0 saturated carbocycles. The maximum atomic E-state index is 10.6. The zero-order valence-corrected chi connectivity index (χ0v) is 13.2. The van der Waals surface area contributed by atoms with Crippen LogP contribution in [-0.2, 0) is 5.41 Å². The van der Waals surface area contributed by atoms with E-state index in [2.05, 4.69) is 35.6 Å². The van der Waals surface area contributed by atoms with Crippen LogP contribution in [0.2, 0.25) is 0 Å². The quantitative estimate of drug-likeness (QED) is 0.902. The van der Waals surface area contributed by atoms with Crippen molar-refractivity contribution in [1.29, 1.82) is 0 Å². The molecule has 20 heavy (non-hydrogen) atoms. The van der Waals surface area contributed by atoms with Gasteiger partial charge < -0.3 is 14.9 Å². The Labute approximate surface area is 121 Å². The Morgan fingerprint density at radius 2 is 2.05 bits per heavy atom. The van der Waals surface area contributed by atoms with Gasteiger partial charge in [-0.2, -0.15) is 0 Å². The first-order chi connectivity index (χ1) is 9.20. The number of rotatable bonds is 3. The Morgan fingerprint density at radius 3 is 2.65 bits per heavy atom. The van der Waals surface area contributed by atoms with Crippen molar-refractivity contribution in [1.82, 2.24) is 14.9 Å². The van der Waals surface area contributed by atoms with Crippen molar-refractivity contribution < 1.29 is 5.11 Å². The monoisotopic (exact) mass is 278 g/mol. The lowest BCUT2D eigenvalue weighted by molar-refractivity contribution is 0.0365. The summed E-state index contributed by atoms with van der Waals surface area (Å²) in [7, 11) is 3.98. The van der Waals surface area contributed by atoms with Gasteiger partial charge >= 0.3 is 0 Å². The second-order valence-electron chi connectivity index (χ2n) is 7.15. The maximum Gasteiger partial charge on any atom is 0.132 e. The average Bonchev–Trinajstić information content (AvgIpc) is 2.69. The Balaban J connectivity index is 2.14. The van der Waals surface area contributed by atoms with Crippen LogP contribution >= 0.6 is 0 Å². The lowest BCUT2D eigenvalue weighted by Crippen LogP contribution is -2.42. The molecule has 0 bridgehead atoms. The molecule has 1 aliphatic heterocycles. The molecule has 1 saturated heterocycles. The van der Waals surface area contributed by atoms with Crippen molar-refractivity contribution in [2.45, 2.75) is 38.2 Å². The molecule has 1 unspecified atom stereocenters. The molecule has 5 nitrogen and oxygen atoms in total. The summed E-state index contributed by atoms with van der Waals surface area (Å²) in [4.78, 5) is 12.9. The van der Waals surface area contributed by atoms with Crippen LogP contribution in [0, 0.1) is 0 Å². The van der Waals surface area contributed by atoms with E-state index in [-0.39, 0.29) is 5.41 Å². The second-order valence-corrected chi connectivity index (χ2v) is 7.15. The molecular weight excluding hydrogens is 252 g/mol. The van der Waals surface area contributed by atoms with E-state index in [1.54, 1.807) is 6.33 Å². The molecule has 0 amide bonds. The molecular formula is C15H26N4O. The van der Waals surface area contributed by atoms with Gasteiger partial charge in [0.1, 0.15) is 12.1 Å². The summed E-state index contributed by atoms with van der Waals surface area (Å²) >= 11 is 0. The summed E-state index contributed by atoms with van der Waals surface area (Å²) in [6, 6.07) is 2.04. The molecule has 1 fully saturated rings. The fourth-order valence-electron chi connectivity index (χ4n) is 2.70. The van der Waals surface area contributed by atoms with Gasteiger partial charge in [0.25, 0.3) is 0 Å². The predicted octanol–water partition coefficient (Wildman–Crippen LogP) is 1.28. The van der Waals surface area contributed by atoms with Gasteiger partial charge in [0.15, 0.2) is 0 Å². The van der Waals surface area contributed by atoms with Crippen molar-refractivity contribution in [2.24, 2.45) is 0 Å². The number of anilines is 1. The molecule has 0 spiro atoms. The van der Waals surface area contributed by atoms with Crippen molar-refractivity contribution in [3.63, 3.8) is 0 Å². The van der Waals surface area contributed by atoms with Crippen LogP contribution in [0.1, 0.15) is 32.9 Å².